The average Bonchev–Trinajstić information content (AvgIpc) is 3.17. The van der Waals surface area contributed by atoms with E-state index in [2.05, 4.69) is 24.1 Å². The number of likely N-dealkylation sites (N-methyl/N-ethyl adjacent to an activating group) is 1. The van der Waals surface area contributed by atoms with Crippen molar-refractivity contribution in [2.75, 3.05) is 20.7 Å². The molecule has 2 atom stereocenters. The molecule has 2 aliphatic rings. The molecule has 0 aromatic carbocycles. The molecule has 2 fully saturated rings. The average molecular weight is 282 g/mol. The van der Waals surface area contributed by atoms with Gasteiger partial charge < -0.3 is 10.1 Å². The van der Waals surface area contributed by atoms with Crippen LogP contribution in [-0.4, -0.2) is 49.2 Å². The molecule has 4 nitrogen and oxygen atoms in total. The van der Waals surface area contributed by atoms with Crippen LogP contribution in [0.15, 0.2) is 0 Å². The number of rotatable bonds is 7. The van der Waals surface area contributed by atoms with Gasteiger partial charge in [-0.2, -0.15) is 0 Å². The van der Waals surface area contributed by atoms with E-state index in [-0.39, 0.29) is 5.97 Å². The van der Waals surface area contributed by atoms with Crippen LogP contribution in [0.1, 0.15) is 52.4 Å². The number of nitrogens with zero attached hydrogens (tertiary/aromatic N) is 1. The number of ether oxygens (including phenoxy) is 1. The molecule has 0 bridgehead atoms. The highest BCUT2D eigenvalue weighted by Gasteiger charge is 2.48. The summed E-state index contributed by atoms with van der Waals surface area (Å²) in [5.41, 5.74) is -0.454. The second kappa shape index (κ2) is 6.44. The van der Waals surface area contributed by atoms with Gasteiger partial charge in [-0.3, -0.25) is 9.69 Å². The monoisotopic (exact) mass is 282 g/mol. The number of nitrogens with one attached hydrogen (secondary N) is 1. The zero-order valence-corrected chi connectivity index (χ0v) is 13.4. The minimum atomic E-state index is -0.454. The molecule has 0 aromatic rings. The third kappa shape index (κ3) is 3.34. The zero-order valence-electron chi connectivity index (χ0n) is 13.4. The topological polar surface area (TPSA) is 41.6 Å². The van der Waals surface area contributed by atoms with Gasteiger partial charge in [0.1, 0.15) is 5.54 Å². The molecule has 0 spiro atoms. The fourth-order valence-electron chi connectivity index (χ4n) is 3.49. The molecule has 20 heavy (non-hydrogen) atoms. The van der Waals surface area contributed by atoms with Gasteiger partial charge in [0, 0.05) is 12.1 Å². The SMILES string of the molecule is CNC1(C(=O)OC)CCC(N(CCC(C)C)C2CC2)C1. The van der Waals surface area contributed by atoms with Gasteiger partial charge in [0.2, 0.25) is 0 Å². The summed E-state index contributed by atoms with van der Waals surface area (Å²) in [5.74, 6) is 0.648. The van der Waals surface area contributed by atoms with Crippen molar-refractivity contribution in [3.8, 4) is 0 Å². The van der Waals surface area contributed by atoms with E-state index in [1.54, 1.807) is 0 Å². The van der Waals surface area contributed by atoms with E-state index < -0.39 is 5.54 Å². The lowest BCUT2D eigenvalue weighted by molar-refractivity contribution is -0.148. The number of esters is 1. The van der Waals surface area contributed by atoms with Crippen molar-refractivity contribution in [3.05, 3.63) is 0 Å². The van der Waals surface area contributed by atoms with Gasteiger partial charge in [-0.1, -0.05) is 13.8 Å². The maximum atomic E-state index is 12.1. The van der Waals surface area contributed by atoms with Gasteiger partial charge in [-0.05, 0) is 58.0 Å². The lowest BCUT2D eigenvalue weighted by Gasteiger charge is -2.32. The second-order valence-corrected chi connectivity index (χ2v) is 6.87. The van der Waals surface area contributed by atoms with Crippen molar-refractivity contribution in [1.29, 1.82) is 0 Å². The van der Waals surface area contributed by atoms with Crippen LogP contribution in [0.2, 0.25) is 0 Å². The summed E-state index contributed by atoms with van der Waals surface area (Å²) in [5, 5.41) is 3.24. The molecule has 2 aliphatic carbocycles. The van der Waals surface area contributed by atoms with Crippen LogP contribution in [0.25, 0.3) is 0 Å². The van der Waals surface area contributed by atoms with E-state index in [0.717, 1.165) is 31.2 Å². The molecule has 0 aromatic heterocycles. The first-order valence-corrected chi connectivity index (χ1v) is 8.05. The summed E-state index contributed by atoms with van der Waals surface area (Å²) in [6, 6.07) is 1.30. The lowest BCUT2D eigenvalue weighted by Crippen LogP contribution is -2.50. The van der Waals surface area contributed by atoms with Gasteiger partial charge in [-0.25, -0.2) is 0 Å². The van der Waals surface area contributed by atoms with Gasteiger partial charge >= 0.3 is 5.97 Å². The zero-order chi connectivity index (χ0) is 14.8. The minimum absolute atomic E-state index is 0.0953. The van der Waals surface area contributed by atoms with E-state index in [9.17, 15) is 4.79 Å². The Balaban J connectivity index is 1.99. The van der Waals surface area contributed by atoms with E-state index in [0.29, 0.717) is 6.04 Å². The Labute approximate surface area is 123 Å². The third-order valence-corrected chi connectivity index (χ3v) is 4.99. The molecule has 2 unspecified atom stereocenters. The molecule has 1 N–H and O–H groups in total. The van der Waals surface area contributed by atoms with Crippen molar-refractivity contribution in [3.63, 3.8) is 0 Å². The van der Waals surface area contributed by atoms with Gasteiger partial charge in [0.25, 0.3) is 0 Å². The predicted octanol–water partition coefficient (Wildman–Crippen LogP) is 2.18. The quantitative estimate of drug-likeness (QED) is 0.727. The van der Waals surface area contributed by atoms with E-state index in [4.69, 9.17) is 4.74 Å². The number of hydrogen-bond acceptors (Lipinski definition) is 4. The minimum Gasteiger partial charge on any atom is -0.468 e. The Kier molecular flexibility index (Phi) is 5.08. The molecular weight excluding hydrogens is 252 g/mol. The highest BCUT2D eigenvalue weighted by Crippen LogP contribution is 2.39. The van der Waals surface area contributed by atoms with Gasteiger partial charge in [0.15, 0.2) is 0 Å². The fourth-order valence-corrected chi connectivity index (χ4v) is 3.49. The molecular formula is C16H30N2O2. The summed E-state index contributed by atoms with van der Waals surface area (Å²) in [4.78, 5) is 14.8. The lowest BCUT2D eigenvalue weighted by atomic mass is 9.97. The van der Waals surface area contributed by atoms with Crippen molar-refractivity contribution >= 4 is 5.97 Å². The number of methoxy groups -OCH3 is 1. The Morgan fingerprint density at radius 2 is 2.05 bits per heavy atom. The summed E-state index contributed by atoms with van der Waals surface area (Å²) in [6.45, 7) is 5.74. The largest absolute Gasteiger partial charge is 0.468 e. The van der Waals surface area contributed by atoms with Crippen LogP contribution in [0.3, 0.4) is 0 Å². The van der Waals surface area contributed by atoms with Crippen molar-refractivity contribution in [1.82, 2.24) is 10.2 Å². The molecule has 0 heterocycles. The summed E-state index contributed by atoms with van der Waals surface area (Å²) < 4.78 is 5.01. The van der Waals surface area contributed by atoms with Crippen molar-refractivity contribution in [2.24, 2.45) is 5.92 Å². The van der Waals surface area contributed by atoms with Crippen molar-refractivity contribution < 1.29 is 9.53 Å². The maximum Gasteiger partial charge on any atom is 0.326 e. The Morgan fingerprint density at radius 3 is 2.55 bits per heavy atom. The predicted molar refractivity (Wildman–Crippen MR) is 80.6 cm³/mol. The van der Waals surface area contributed by atoms with Crippen LogP contribution in [0, 0.1) is 5.92 Å². The normalized spacial score (nSPS) is 30.2. The van der Waals surface area contributed by atoms with Crippen LogP contribution in [-0.2, 0) is 9.53 Å². The smallest absolute Gasteiger partial charge is 0.326 e. The molecule has 2 saturated carbocycles. The highest BCUT2D eigenvalue weighted by molar-refractivity contribution is 5.81. The van der Waals surface area contributed by atoms with Gasteiger partial charge in [-0.15, -0.1) is 0 Å². The number of carbonyl (C=O) groups is 1. The number of carbonyl (C=O) groups excluding carboxylic acids is 1. The molecule has 4 heteroatoms. The molecule has 0 saturated heterocycles. The fraction of sp³-hybridized carbons (Fsp3) is 0.938. The second-order valence-electron chi connectivity index (χ2n) is 6.87. The molecule has 116 valence electrons. The Bertz CT molecular complexity index is 341. The van der Waals surface area contributed by atoms with E-state index >= 15 is 0 Å². The molecule has 0 aliphatic heterocycles. The van der Waals surface area contributed by atoms with Crippen molar-refractivity contribution in [2.45, 2.75) is 70.0 Å². The molecule has 2 rings (SSSR count). The van der Waals surface area contributed by atoms with E-state index in [1.165, 1.54) is 32.9 Å². The standard InChI is InChI=1S/C16H30N2O2/c1-12(2)8-10-18(13-5-6-13)14-7-9-16(11-14,17-3)15(19)20-4/h12-14,17H,5-11H2,1-4H3. The first-order valence-electron chi connectivity index (χ1n) is 8.05. The Hall–Kier alpha value is -0.610. The maximum absolute atomic E-state index is 12.1. The summed E-state index contributed by atoms with van der Waals surface area (Å²) >= 11 is 0. The first kappa shape index (κ1) is 15.8. The van der Waals surface area contributed by atoms with Crippen LogP contribution in [0.5, 0.6) is 0 Å². The summed E-state index contributed by atoms with van der Waals surface area (Å²) in [6.07, 6.45) is 6.80. The van der Waals surface area contributed by atoms with Gasteiger partial charge in [0.05, 0.1) is 7.11 Å². The highest BCUT2D eigenvalue weighted by atomic mass is 16.5. The summed E-state index contributed by atoms with van der Waals surface area (Å²) in [7, 11) is 3.38. The Morgan fingerprint density at radius 1 is 1.35 bits per heavy atom. The van der Waals surface area contributed by atoms with Crippen LogP contribution in [0.4, 0.5) is 0 Å². The molecule has 0 amide bonds. The van der Waals surface area contributed by atoms with Crippen LogP contribution < -0.4 is 5.32 Å². The van der Waals surface area contributed by atoms with Crippen LogP contribution >= 0.6 is 0 Å². The molecule has 0 radical (unpaired) electrons. The number of hydrogen-bond donors (Lipinski definition) is 1. The first-order chi connectivity index (χ1) is 9.52. The van der Waals surface area contributed by atoms with E-state index in [1.807, 2.05) is 7.05 Å². The third-order valence-electron chi connectivity index (χ3n) is 4.99.